The van der Waals surface area contributed by atoms with Crippen molar-refractivity contribution in [3.8, 4) is 5.69 Å². The molecule has 2 heterocycles. The number of hydrogen-bond donors (Lipinski definition) is 1. The molecule has 0 radical (unpaired) electrons. The Morgan fingerprint density at radius 1 is 1.04 bits per heavy atom. The fourth-order valence-corrected chi connectivity index (χ4v) is 2.49. The summed E-state index contributed by atoms with van der Waals surface area (Å²) in [4.78, 5) is 12.2. The van der Waals surface area contributed by atoms with Crippen molar-refractivity contribution in [3.63, 3.8) is 0 Å². The Labute approximate surface area is 137 Å². The standard InChI is InChI=1S/C17H14N6O/c24-17(12-23-16-5-2-1-4-15(16)20-21-23)19-13-6-8-14(9-7-13)22-11-3-10-18-22/h1-11H,12H2,(H,19,24). The predicted octanol–water partition coefficient (Wildman–Crippen LogP) is 2.26. The Bertz CT molecular complexity index is 972. The van der Waals surface area contributed by atoms with Crippen molar-refractivity contribution in [1.29, 1.82) is 0 Å². The van der Waals surface area contributed by atoms with Gasteiger partial charge in [0.25, 0.3) is 0 Å². The number of aromatic nitrogens is 5. The largest absolute Gasteiger partial charge is 0.324 e. The fourth-order valence-electron chi connectivity index (χ4n) is 2.49. The molecule has 0 saturated carbocycles. The molecule has 0 aliphatic rings. The van der Waals surface area contributed by atoms with Gasteiger partial charge in [-0.25, -0.2) is 9.36 Å². The van der Waals surface area contributed by atoms with Crippen LogP contribution in [0, 0.1) is 0 Å². The van der Waals surface area contributed by atoms with E-state index < -0.39 is 0 Å². The maximum atomic E-state index is 12.2. The minimum absolute atomic E-state index is 0.113. The third kappa shape index (κ3) is 2.74. The summed E-state index contributed by atoms with van der Waals surface area (Å²) >= 11 is 0. The summed E-state index contributed by atoms with van der Waals surface area (Å²) in [6.07, 6.45) is 3.58. The van der Waals surface area contributed by atoms with Crippen LogP contribution in [0.1, 0.15) is 0 Å². The second-order valence-corrected chi connectivity index (χ2v) is 5.28. The van der Waals surface area contributed by atoms with Gasteiger partial charge < -0.3 is 5.32 Å². The molecular formula is C17H14N6O. The first-order valence-electron chi connectivity index (χ1n) is 7.48. The molecule has 4 rings (SSSR count). The number of anilines is 1. The van der Waals surface area contributed by atoms with Crippen molar-refractivity contribution < 1.29 is 4.79 Å². The van der Waals surface area contributed by atoms with Gasteiger partial charge in [0, 0.05) is 18.1 Å². The third-order valence-electron chi connectivity index (χ3n) is 3.63. The molecule has 4 aromatic rings. The lowest BCUT2D eigenvalue weighted by atomic mass is 10.3. The molecule has 0 bridgehead atoms. The Morgan fingerprint density at radius 3 is 2.67 bits per heavy atom. The molecule has 7 heteroatoms. The van der Waals surface area contributed by atoms with E-state index in [1.165, 1.54) is 0 Å². The summed E-state index contributed by atoms with van der Waals surface area (Å²) in [6, 6.07) is 16.9. The van der Waals surface area contributed by atoms with Gasteiger partial charge >= 0.3 is 0 Å². The highest BCUT2D eigenvalue weighted by Crippen LogP contribution is 2.13. The molecule has 1 amide bonds. The van der Waals surface area contributed by atoms with Crippen molar-refractivity contribution in [3.05, 3.63) is 67.0 Å². The van der Waals surface area contributed by atoms with Crippen LogP contribution in [0.2, 0.25) is 0 Å². The summed E-state index contributed by atoms with van der Waals surface area (Å²) in [5.74, 6) is -0.155. The van der Waals surface area contributed by atoms with Crippen LogP contribution in [0.5, 0.6) is 0 Å². The van der Waals surface area contributed by atoms with Crippen molar-refractivity contribution in [2.75, 3.05) is 5.32 Å². The monoisotopic (exact) mass is 318 g/mol. The van der Waals surface area contributed by atoms with E-state index in [2.05, 4.69) is 20.7 Å². The number of benzene rings is 2. The minimum Gasteiger partial charge on any atom is -0.324 e. The zero-order chi connectivity index (χ0) is 16.4. The molecule has 0 fully saturated rings. The van der Waals surface area contributed by atoms with Gasteiger partial charge in [-0.3, -0.25) is 4.79 Å². The normalized spacial score (nSPS) is 10.8. The molecule has 0 spiro atoms. The molecule has 0 unspecified atom stereocenters. The lowest BCUT2D eigenvalue weighted by Crippen LogP contribution is -2.19. The molecule has 7 nitrogen and oxygen atoms in total. The molecule has 0 aliphatic heterocycles. The summed E-state index contributed by atoms with van der Waals surface area (Å²) in [5.41, 5.74) is 3.26. The van der Waals surface area contributed by atoms with Gasteiger partial charge in [-0.05, 0) is 42.5 Å². The minimum atomic E-state index is -0.155. The highest BCUT2D eigenvalue weighted by molar-refractivity contribution is 5.91. The Morgan fingerprint density at radius 2 is 1.88 bits per heavy atom. The van der Waals surface area contributed by atoms with E-state index in [0.29, 0.717) is 0 Å². The van der Waals surface area contributed by atoms with Gasteiger partial charge in [0.15, 0.2) is 0 Å². The number of nitrogens with zero attached hydrogens (tertiary/aromatic N) is 5. The van der Waals surface area contributed by atoms with Crippen LogP contribution in [-0.2, 0) is 11.3 Å². The van der Waals surface area contributed by atoms with E-state index in [9.17, 15) is 4.79 Å². The number of fused-ring (bicyclic) bond motifs is 1. The van der Waals surface area contributed by atoms with Gasteiger partial charge in [-0.2, -0.15) is 5.10 Å². The topological polar surface area (TPSA) is 77.6 Å². The highest BCUT2D eigenvalue weighted by atomic mass is 16.2. The van der Waals surface area contributed by atoms with Crippen LogP contribution < -0.4 is 5.32 Å². The SMILES string of the molecule is O=C(Cn1nnc2ccccc21)Nc1ccc(-n2cccn2)cc1. The van der Waals surface area contributed by atoms with Gasteiger partial charge in [0.05, 0.1) is 11.2 Å². The van der Waals surface area contributed by atoms with Crippen molar-refractivity contribution in [1.82, 2.24) is 24.8 Å². The van der Waals surface area contributed by atoms with Gasteiger partial charge in [0.2, 0.25) is 5.91 Å². The zero-order valence-corrected chi connectivity index (χ0v) is 12.7. The van der Waals surface area contributed by atoms with E-state index in [0.717, 1.165) is 22.4 Å². The maximum absolute atomic E-state index is 12.2. The smallest absolute Gasteiger partial charge is 0.246 e. The third-order valence-corrected chi connectivity index (χ3v) is 3.63. The van der Waals surface area contributed by atoms with Crippen LogP contribution in [0.3, 0.4) is 0 Å². The average Bonchev–Trinajstić information content (AvgIpc) is 3.26. The first-order chi connectivity index (χ1) is 11.8. The Kier molecular flexibility index (Phi) is 3.51. The first kappa shape index (κ1) is 14.1. The quantitative estimate of drug-likeness (QED) is 0.626. The molecule has 0 atom stereocenters. The van der Waals surface area contributed by atoms with E-state index in [1.54, 1.807) is 15.6 Å². The molecule has 0 aliphatic carbocycles. The van der Waals surface area contributed by atoms with Crippen molar-refractivity contribution >= 4 is 22.6 Å². The average molecular weight is 318 g/mol. The number of amides is 1. The Hall–Kier alpha value is -3.48. The van der Waals surface area contributed by atoms with Crippen LogP contribution in [0.4, 0.5) is 5.69 Å². The molecule has 2 aromatic heterocycles. The predicted molar refractivity (Wildman–Crippen MR) is 89.7 cm³/mol. The molecule has 118 valence electrons. The molecule has 0 saturated heterocycles. The lowest BCUT2D eigenvalue weighted by Gasteiger charge is -2.07. The van der Waals surface area contributed by atoms with E-state index >= 15 is 0 Å². The molecular weight excluding hydrogens is 304 g/mol. The molecule has 2 aromatic carbocycles. The number of carbonyl (C=O) groups is 1. The van der Waals surface area contributed by atoms with Gasteiger partial charge in [0.1, 0.15) is 12.1 Å². The lowest BCUT2D eigenvalue weighted by molar-refractivity contribution is -0.116. The second-order valence-electron chi connectivity index (χ2n) is 5.28. The summed E-state index contributed by atoms with van der Waals surface area (Å²) < 4.78 is 3.34. The van der Waals surface area contributed by atoms with Crippen molar-refractivity contribution in [2.45, 2.75) is 6.54 Å². The summed E-state index contributed by atoms with van der Waals surface area (Å²) in [5, 5.41) is 15.1. The van der Waals surface area contributed by atoms with E-state index in [-0.39, 0.29) is 12.5 Å². The summed E-state index contributed by atoms with van der Waals surface area (Å²) in [6.45, 7) is 0.113. The van der Waals surface area contributed by atoms with Gasteiger partial charge in [-0.15, -0.1) is 5.10 Å². The number of rotatable bonds is 4. The van der Waals surface area contributed by atoms with Crippen LogP contribution in [0.15, 0.2) is 67.0 Å². The fraction of sp³-hybridized carbons (Fsp3) is 0.0588. The van der Waals surface area contributed by atoms with Gasteiger partial charge in [-0.1, -0.05) is 17.3 Å². The van der Waals surface area contributed by atoms with Crippen LogP contribution in [0.25, 0.3) is 16.7 Å². The van der Waals surface area contributed by atoms with Crippen LogP contribution in [-0.4, -0.2) is 30.7 Å². The van der Waals surface area contributed by atoms with E-state index in [1.807, 2.05) is 60.8 Å². The Balaban J connectivity index is 1.46. The first-order valence-corrected chi connectivity index (χ1v) is 7.48. The van der Waals surface area contributed by atoms with E-state index in [4.69, 9.17) is 0 Å². The van der Waals surface area contributed by atoms with Crippen LogP contribution >= 0.6 is 0 Å². The number of nitrogens with one attached hydrogen (secondary N) is 1. The number of hydrogen-bond acceptors (Lipinski definition) is 4. The zero-order valence-electron chi connectivity index (χ0n) is 12.7. The molecule has 24 heavy (non-hydrogen) atoms. The number of carbonyl (C=O) groups excluding carboxylic acids is 1. The van der Waals surface area contributed by atoms with Crippen molar-refractivity contribution in [2.24, 2.45) is 0 Å². The number of para-hydroxylation sites is 1. The second kappa shape index (κ2) is 5.96. The molecule has 1 N–H and O–H groups in total. The maximum Gasteiger partial charge on any atom is 0.246 e. The summed E-state index contributed by atoms with van der Waals surface area (Å²) in [7, 11) is 0. The highest BCUT2D eigenvalue weighted by Gasteiger charge is 2.09.